The van der Waals surface area contributed by atoms with Gasteiger partial charge in [-0.3, -0.25) is 9.59 Å². The Morgan fingerprint density at radius 2 is 1.77 bits per heavy atom. The van der Waals surface area contributed by atoms with Crippen LogP contribution in [0.2, 0.25) is 0 Å². The number of anilines is 1. The van der Waals surface area contributed by atoms with Crippen molar-refractivity contribution in [3.63, 3.8) is 0 Å². The van der Waals surface area contributed by atoms with Crippen molar-refractivity contribution in [1.29, 1.82) is 0 Å². The fourth-order valence-corrected chi connectivity index (χ4v) is 6.10. The highest BCUT2D eigenvalue weighted by atomic mass is 16.2. The number of rotatable bonds is 6. The lowest BCUT2D eigenvalue weighted by atomic mass is 9.49. The maximum Gasteiger partial charge on any atom is 0.244 e. The molecule has 0 atom stereocenters. The van der Waals surface area contributed by atoms with E-state index < -0.39 is 0 Å². The van der Waals surface area contributed by atoms with Gasteiger partial charge in [0.15, 0.2) is 0 Å². The van der Waals surface area contributed by atoms with E-state index in [1.165, 1.54) is 38.5 Å². The van der Waals surface area contributed by atoms with Gasteiger partial charge in [0.25, 0.3) is 0 Å². The fourth-order valence-electron chi connectivity index (χ4n) is 6.10. The highest BCUT2D eigenvalue weighted by Gasteiger charge is 2.51. The molecule has 26 heavy (non-hydrogen) atoms. The Labute approximate surface area is 155 Å². The highest BCUT2D eigenvalue weighted by molar-refractivity contribution is 5.93. The molecule has 0 spiro atoms. The van der Waals surface area contributed by atoms with Gasteiger partial charge < -0.3 is 10.6 Å². The van der Waals surface area contributed by atoms with Gasteiger partial charge in [-0.05, 0) is 75.5 Å². The molecule has 4 saturated carbocycles. The van der Waals surface area contributed by atoms with Crippen molar-refractivity contribution in [2.45, 2.75) is 64.8 Å². The molecule has 4 bridgehead atoms. The third-order valence-corrected chi connectivity index (χ3v) is 6.57. The first kappa shape index (κ1) is 17.6. The van der Waals surface area contributed by atoms with Crippen LogP contribution < -0.4 is 10.6 Å². The second-order valence-corrected chi connectivity index (χ2v) is 9.17. The zero-order valence-electron chi connectivity index (χ0n) is 15.8. The monoisotopic (exact) mass is 358 g/mol. The molecule has 5 rings (SSSR count). The minimum atomic E-state index is -0.203. The summed E-state index contributed by atoms with van der Waals surface area (Å²) in [6.07, 6.45) is 10.0. The van der Waals surface area contributed by atoms with Crippen molar-refractivity contribution in [3.05, 3.63) is 12.3 Å². The molecule has 4 aliphatic rings. The van der Waals surface area contributed by atoms with E-state index in [0.717, 1.165) is 17.8 Å². The van der Waals surface area contributed by atoms with Crippen molar-refractivity contribution in [1.82, 2.24) is 15.1 Å². The van der Waals surface area contributed by atoms with Crippen LogP contribution in [0.25, 0.3) is 0 Å². The summed E-state index contributed by atoms with van der Waals surface area (Å²) in [5.41, 5.74) is 0.214. The van der Waals surface area contributed by atoms with Crippen molar-refractivity contribution < 1.29 is 9.59 Å². The predicted molar refractivity (Wildman–Crippen MR) is 99.5 cm³/mol. The summed E-state index contributed by atoms with van der Waals surface area (Å²) in [6.45, 7) is 4.04. The van der Waals surface area contributed by atoms with E-state index in [0.29, 0.717) is 12.2 Å². The van der Waals surface area contributed by atoms with Crippen LogP contribution in [0.5, 0.6) is 0 Å². The van der Waals surface area contributed by atoms with Crippen LogP contribution in [0.1, 0.15) is 64.8 Å². The van der Waals surface area contributed by atoms with Crippen LogP contribution >= 0.6 is 0 Å². The van der Waals surface area contributed by atoms with Crippen LogP contribution in [0.15, 0.2) is 12.3 Å². The number of carbonyl (C=O) groups excluding carboxylic acids is 2. The Balaban J connectivity index is 1.28. The van der Waals surface area contributed by atoms with Gasteiger partial charge in [-0.1, -0.05) is 0 Å². The number of carbonyl (C=O) groups is 2. The maximum absolute atomic E-state index is 12.5. The van der Waals surface area contributed by atoms with E-state index in [-0.39, 0.29) is 29.8 Å². The topological polar surface area (TPSA) is 76.0 Å². The van der Waals surface area contributed by atoms with Crippen molar-refractivity contribution in [3.8, 4) is 0 Å². The minimum absolute atomic E-state index is 0.0223. The molecule has 1 aromatic heterocycles. The van der Waals surface area contributed by atoms with E-state index in [1.807, 2.05) is 13.8 Å². The van der Waals surface area contributed by atoms with E-state index in [9.17, 15) is 9.59 Å². The number of nitrogens with zero attached hydrogens (tertiary/aromatic N) is 2. The molecule has 6 heteroatoms. The SMILES string of the molecule is CC(C)n1nccc1NC(=O)CNC(=O)CC12CC3CC(CC(C3)C1)C2. The standard InChI is InChI=1S/C20H30N4O2/c1-13(2)24-17(3-4-22-24)23-19(26)12-21-18(25)11-20-8-14-5-15(9-20)7-16(6-14)10-20/h3-4,13-16H,5-12H2,1-2H3,(H,21,25)(H,23,26). The lowest BCUT2D eigenvalue weighted by Gasteiger charge is -2.56. The molecule has 0 radical (unpaired) electrons. The molecule has 1 heterocycles. The zero-order chi connectivity index (χ0) is 18.3. The maximum atomic E-state index is 12.5. The van der Waals surface area contributed by atoms with Crippen LogP contribution in [0.3, 0.4) is 0 Å². The van der Waals surface area contributed by atoms with E-state index >= 15 is 0 Å². The third kappa shape index (κ3) is 3.51. The first-order valence-corrected chi connectivity index (χ1v) is 10.0. The molecule has 1 aromatic rings. The molecule has 4 fully saturated rings. The first-order valence-electron chi connectivity index (χ1n) is 10.0. The average molecular weight is 358 g/mol. The lowest BCUT2D eigenvalue weighted by molar-refractivity contribution is -0.131. The van der Waals surface area contributed by atoms with Crippen LogP contribution in [-0.4, -0.2) is 28.1 Å². The molecule has 4 aliphatic carbocycles. The smallest absolute Gasteiger partial charge is 0.244 e. The van der Waals surface area contributed by atoms with Gasteiger partial charge >= 0.3 is 0 Å². The van der Waals surface area contributed by atoms with Gasteiger partial charge in [0.05, 0.1) is 12.7 Å². The van der Waals surface area contributed by atoms with E-state index in [1.54, 1.807) is 16.9 Å². The molecule has 0 unspecified atom stereocenters. The van der Waals surface area contributed by atoms with Crippen LogP contribution in [0, 0.1) is 23.2 Å². The predicted octanol–water partition coefficient (Wildman–Crippen LogP) is 3.13. The van der Waals surface area contributed by atoms with Gasteiger partial charge in [-0.15, -0.1) is 0 Å². The summed E-state index contributed by atoms with van der Waals surface area (Å²) in [7, 11) is 0. The molecule has 2 N–H and O–H groups in total. The van der Waals surface area contributed by atoms with Crippen LogP contribution in [-0.2, 0) is 9.59 Å². The number of hydrogen-bond donors (Lipinski definition) is 2. The lowest BCUT2D eigenvalue weighted by Crippen LogP contribution is -2.48. The molecule has 142 valence electrons. The van der Waals surface area contributed by atoms with Crippen molar-refractivity contribution in [2.24, 2.45) is 23.2 Å². The van der Waals surface area contributed by atoms with Gasteiger partial charge in [-0.2, -0.15) is 5.10 Å². The fraction of sp³-hybridized carbons (Fsp3) is 0.750. The van der Waals surface area contributed by atoms with Gasteiger partial charge in [0.1, 0.15) is 5.82 Å². The summed E-state index contributed by atoms with van der Waals surface area (Å²) >= 11 is 0. The number of nitrogens with one attached hydrogen (secondary N) is 2. The first-order chi connectivity index (χ1) is 12.4. The Morgan fingerprint density at radius 1 is 1.15 bits per heavy atom. The van der Waals surface area contributed by atoms with Gasteiger partial charge in [0, 0.05) is 18.5 Å². The quantitative estimate of drug-likeness (QED) is 0.820. The second-order valence-electron chi connectivity index (χ2n) is 9.17. The Kier molecular flexibility index (Phi) is 4.53. The zero-order valence-corrected chi connectivity index (χ0v) is 15.8. The summed E-state index contributed by atoms with van der Waals surface area (Å²) in [4.78, 5) is 24.7. The molecule has 0 aromatic carbocycles. The molecular formula is C20H30N4O2. The summed E-state index contributed by atoms with van der Waals surface area (Å²) < 4.78 is 1.76. The molecule has 0 aliphatic heterocycles. The van der Waals surface area contributed by atoms with Gasteiger partial charge in [-0.25, -0.2) is 4.68 Å². The normalized spacial score (nSPS) is 32.0. The van der Waals surface area contributed by atoms with Crippen molar-refractivity contribution in [2.75, 3.05) is 11.9 Å². The van der Waals surface area contributed by atoms with E-state index in [4.69, 9.17) is 0 Å². The van der Waals surface area contributed by atoms with Crippen molar-refractivity contribution >= 4 is 17.6 Å². The van der Waals surface area contributed by atoms with E-state index in [2.05, 4.69) is 15.7 Å². The number of amides is 2. The van der Waals surface area contributed by atoms with Gasteiger partial charge in [0.2, 0.25) is 11.8 Å². The minimum Gasteiger partial charge on any atom is -0.347 e. The largest absolute Gasteiger partial charge is 0.347 e. The Bertz CT molecular complexity index is 658. The molecule has 2 amide bonds. The highest BCUT2D eigenvalue weighted by Crippen LogP contribution is 2.61. The summed E-state index contributed by atoms with van der Waals surface area (Å²) in [5.74, 6) is 3.02. The molecule has 6 nitrogen and oxygen atoms in total. The average Bonchev–Trinajstić information content (AvgIpc) is 2.99. The van der Waals surface area contributed by atoms with Crippen LogP contribution in [0.4, 0.5) is 5.82 Å². The third-order valence-electron chi connectivity index (χ3n) is 6.57. The Morgan fingerprint density at radius 3 is 2.35 bits per heavy atom. The molecular weight excluding hydrogens is 328 g/mol. The molecule has 0 saturated heterocycles. The number of aromatic nitrogens is 2. The summed E-state index contributed by atoms with van der Waals surface area (Å²) in [6, 6.07) is 1.95. The second kappa shape index (κ2) is 6.71. The summed E-state index contributed by atoms with van der Waals surface area (Å²) in [5, 5.41) is 9.87. The Hall–Kier alpha value is -1.85. The number of hydrogen-bond acceptors (Lipinski definition) is 3.